The largest absolute Gasteiger partial charge is 0.443 e. The Kier molecular flexibility index (Phi) is 4.95. The lowest BCUT2D eigenvalue weighted by Crippen LogP contribution is -2.51. The number of rotatable bonds is 5. The van der Waals surface area contributed by atoms with Gasteiger partial charge >= 0.3 is 6.18 Å². The van der Waals surface area contributed by atoms with Crippen LogP contribution in [0.25, 0.3) is 0 Å². The molecule has 0 aromatic carbocycles. The van der Waals surface area contributed by atoms with Gasteiger partial charge in [-0.05, 0) is 33.5 Å². The molecule has 1 saturated carbocycles. The van der Waals surface area contributed by atoms with E-state index >= 15 is 0 Å². The summed E-state index contributed by atoms with van der Waals surface area (Å²) in [6.07, 6.45) is 1.26. The molecule has 0 radical (unpaired) electrons. The summed E-state index contributed by atoms with van der Waals surface area (Å²) in [5, 5.41) is 2.63. The molecule has 1 heterocycles. The average Bonchev–Trinajstić information content (AvgIpc) is 3.05. The van der Waals surface area contributed by atoms with E-state index in [2.05, 4.69) is 15.2 Å². The molecule has 0 aliphatic heterocycles. The normalized spacial score (nSPS) is 20.1. The Balaban J connectivity index is 2.36. The quantitative estimate of drug-likeness (QED) is 0.896. The maximum Gasteiger partial charge on any atom is 0.443 e. The van der Waals surface area contributed by atoms with E-state index in [0.29, 0.717) is 4.88 Å². The highest BCUT2D eigenvalue weighted by Gasteiger charge is 2.45. The van der Waals surface area contributed by atoms with Gasteiger partial charge in [-0.3, -0.25) is 0 Å². The predicted molar refractivity (Wildman–Crippen MR) is 78.4 cm³/mol. The van der Waals surface area contributed by atoms with E-state index in [-0.39, 0.29) is 11.6 Å². The van der Waals surface area contributed by atoms with Gasteiger partial charge in [-0.1, -0.05) is 19.8 Å². The molecule has 1 N–H and O–H groups in total. The molecule has 2 rings (SSSR count). The molecule has 3 nitrogen and oxygen atoms in total. The third-order valence-corrected chi connectivity index (χ3v) is 5.46. The number of aromatic nitrogens is 1. The zero-order valence-corrected chi connectivity index (χ0v) is 13.4. The van der Waals surface area contributed by atoms with Crippen LogP contribution in [0, 0.1) is 0 Å². The van der Waals surface area contributed by atoms with Gasteiger partial charge in [-0.2, -0.15) is 13.2 Å². The van der Waals surface area contributed by atoms with Gasteiger partial charge in [0, 0.05) is 16.6 Å². The fraction of sp³-hybridized carbons (Fsp3) is 0.786. The Morgan fingerprint density at radius 3 is 2.43 bits per heavy atom. The van der Waals surface area contributed by atoms with Gasteiger partial charge in [-0.15, -0.1) is 11.3 Å². The molecule has 0 saturated heterocycles. The number of nitrogens with one attached hydrogen (secondary N) is 1. The standard InChI is InChI=1S/C14H22F3N3S/c1-4-18-11(13(20(2)3)7-5-6-8-13)10-9-19-12(21-10)14(15,16)17/h9,11,18H,4-8H2,1-3H3. The summed E-state index contributed by atoms with van der Waals surface area (Å²) in [5.74, 6) is 0. The fourth-order valence-corrected chi connectivity index (χ4v) is 4.26. The van der Waals surface area contributed by atoms with Crippen LogP contribution in [0.15, 0.2) is 6.20 Å². The fourth-order valence-electron chi connectivity index (χ4n) is 3.29. The lowest BCUT2D eigenvalue weighted by atomic mass is 9.86. The van der Waals surface area contributed by atoms with Gasteiger partial charge in [0.1, 0.15) is 0 Å². The van der Waals surface area contributed by atoms with Crippen LogP contribution in [-0.2, 0) is 6.18 Å². The third-order valence-electron chi connectivity index (χ3n) is 4.36. The first-order valence-corrected chi connectivity index (χ1v) is 8.06. The van der Waals surface area contributed by atoms with E-state index in [1.54, 1.807) is 0 Å². The van der Waals surface area contributed by atoms with Crippen LogP contribution < -0.4 is 5.32 Å². The monoisotopic (exact) mass is 321 g/mol. The van der Waals surface area contributed by atoms with E-state index in [1.165, 1.54) is 6.20 Å². The lowest BCUT2D eigenvalue weighted by Gasteiger charge is -2.43. The number of likely N-dealkylation sites (N-methyl/N-ethyl adjacent to an activating group) is 2. The van der Waals surface area contributed by atoms with Crippen molar-refractivity contribution < 1.29 is 13.2 Å². The molecular formula is C14H22F3N3S. The molecule has 0 spiro atoms. The maximum absolute atomic E-state index is 12.8. The van der Waals surface area contributed by atoms with Crippen molar-refractivity contribution >= 4 is 11.3 Å². The van der Waals surface area contributed by atoms with Gasteiger partial charge in [0.15, 0.2) is 5.01 Å². The topological polar surface area (TPSA) is 28.2 Å². The third kappa shape index (κ3) is 3.24. The Morgan fingerprint density at radius 2 is 2.00 bits per heavy atom. The van der Waals surface area contributed by atoms with E-state index < -0.39 is 11.2 Å². The van der Waals surface area contributed by atoms with Crippen molar-refractivity contribution in [3.63, 3.8) is 0 Å². The minimum atomic E-state index is -4.36. The molecule has 1 fully saturated rings. The van der Waals surface area contributed by atoms with Crippen LogP contribution in [0.3, 0.4) is 0 Å². The molecule has 1 aromatic rings. The molecule has 0 amide bonds. The first kappa shape index (κ1) is 16.7. The first-order valence-electron chi connectivity index (χ1n) is 7.25. The molecule has 0 bridgehead atoms. The summed E-state index contributed by atoms with van der Waals surface area (Å²) < 4.78 is 38.4. The van der Waals surface area contributed by atoms with E-state index in [1.807, 2.05) is 21.0 Å². The second kappa shape index (κ2) is 6.22. The van der Waals surface area contributed by atoms with Gasteiger partial charge in [0.05, 0.1) is 6.04 Å². The number of hydrogen-bond donors (Lipinski definition) is 1. The van der Waals surface area contributed by atoms with Gasteiger partial charge in [0.2, 0.25) is 0 Å². The summed E-state index contributed by atoms with van der Waals surface area (Å²) in [5.41, 5.74) is -0.120. The molecule has 7 heteroatoms. The highest BCUT2D eigenvalue weighted by atomic mass is 32.1. The molecular weight excluding hydrogens is 299 g/mol. The molecule has 1 atom stereocenters. The Morgan fingerprint density at radius 1 is 1.38 bits per heavy atom. The minimum Gasteiger partial charge on any atom is -0.308 e. The Hall–Kier alpha value is -0.660. The number of hydrogen-bond acceptors (Lipinski definition) is 4. The summed E-state index contributed by atoms with van der Waals surface area (Å²) in [6, 6.07) is -0.103. The predicted octanol–water partition coefficient (Wildman–Crippen LogP) is 3.69. The Labute approximate surface area is 127 Å². The second-order valence-corrected chi connectivity index (χ2v) is 6.82. The average molecular weight is 321 g/mol. The number of alkyl halides is 3. The number of thiazole rings is 1. The van der Waals surface area contributed by atoms with Crippen LogP contribution >= 0.6 is 11.3 Å². The van der Waals surface area contributed by atoms with Crippen molar-refractivity contribution in [1.82, 2.24) is 15.2 Å². The van der Waals surface area contributed by atoms with Crippen molar-refractivity contribution in [1.29, 1.82) is 0 Å². The number of halogens is 3. The summed E-state index contributed by atoms with van der Waals surface area (Å²) in [6.45, 7) is 2.70. The second-order valence-electron chi connectivity index (χ2n) is 5.76. The molecule has 1 aromatic heterocycles. The van der Waals surface area contributed by atoms with Gasteiger partial charge in [0.25, 0.3) is 0 Å². The van der Waals surface area contributed by atoms with Crippen LogP contribution in [0.5, 0.6) is 0 Å². The zero-order valence-electron chi connectivity index (χ0n) is 12.6. The van der Waals surface area contributed by atoms with Crippen LogP contribution in [-0.4, -0.2) is 36.1 Å². The van der Waals surface area contributed by atoms with Crippen molar-refractivity contribution in [2.24, 2.45) is 0 Å². The molecule has 1 aliphatic rings. The summed E-state index contributed by atoms with van der Waals surface area (Å²) >= 11 is 0.765. The van der Waals surface area contributed by atoms with E-state index in [4.69, 9.17) is 0 Å². The van der Waals surface area contributed by atoms with E-state index in [9.17, 15) is 13.2 Å². The summed E-state index contributed by atoms with van der Waals surface area (Å²) in [4.78, 5) is 6.43. The van der Waals surface area contributed by atoms with Crippen molar-refractivity contribution in [2.75, 3.05) is 20.6 Å². The highest BCUT2D eigenvalue weighted by molar-refractivity contribution is 7.11. The lowest BCUT2D eigenvalue weighted by molar-refractivity contribution is -0.137. The maximum atomic E-state index is 12.8. The van der Waals surface area contributed by atoms with Crippen LogP contribution in [0.2, 0.25) is 0 Å². The SMILES string of the molecule is CCNC(c1cnc(C(F)(F)F)s1)C1(N(C)C)CCCC1. The highest BCUT2D eigenvalue weighted by Crippen LogP contribution is 2.45. The number of nitrogens with zero attached hydrogens (tertiary/aromatic N) is 2. The smallest absolute Gasteiger partial charge is 0.308 e. The van der Waals surface area contributed by atoms with E-state index in [0.717, 1.165) is 43.6 Å². The summed E-state index contributed by atoms with van der Waals surface area (Å²) in [7, 11) is 4.03. The Bertz CT molecular complexity index is 464. The molecule has 1 unspecified atom stereocenters. The molecule has 1 aliphatic carbocycles. The van der Waals surface area contributed by atoms with Crippen LogP contribution in [0.1, 0.15) is 48.5 Å². The van der Waals surface area contributed by atoms with Crippen LogP contribution in [0.4, 0.5) is 13.2 Å². The first-order chi connectivity index (χ1) is 9.81. The van der Waals surface area contributed by atoms with Crippen molar-refractivity contribution in [3.8, 4) is 0 Å². The van der Waals surface area contributed by atoms with Gasteiger partial charge < -0.3 is 10.2 Å². The van der Waals surface area contributed by atoms with Crippen molar-refractivity contribution in [3.05, 3.63) is 16.1 Å². The van der Waals surface area contributed by atoms with Gasteiger partial charge in [-0.25, -0.2) is 4.98 Å². The van der Waals surface area contributed by atoms with Crippen molar-refractivity contribution in [2.45, 2.75) is 50.4 Å². The zero-order chi connectivity index (χ0) is 15.7. The molecule has 120 valence electrons. The minimum absolute atomic E-state index is 0.103. The molecule has 21 heavy (non-hydrogen) atoms.